The third kappa shape index (κ3) is 4.45. The Morgan fingerprint density at radius 3 is 2.71 bits per heavy atom. The first-order valence-corrected chi connectivity index (χ1v) is 12.1. The number of nitrogens with zero attached hydrogens (tertiary/aromatic N) is 4. The highest BCUT2D eigenvalue weighted by Gasteiger charge is 2.56. The summed E-state index contributed by atoms with van der Waals surface area (Å²) in [5.41, 5.74) is -0.216. The molecule has 186 valence electrons. The zero-order chi connectivity index (χ0) is 25.1. The summed E-state index contributed by atoms with van der Waals surface area (Å²) in [6.07, 6.45) is 1.38. The lowest BCUT2D eigenvalue weighted by Crippen LogP contribution is -2.59. The molecule has 3 aliphatic heterocycles. The van der Waals surface area contributed by atoms with Crippen LogP contribution < -0.4 is 10.2 Å². The number of nitriles is 1. The van der Waals surface area contributed by atoms with Gasteiger partial charge >= 0.3 is 6.09 Å². The minimum Gasteiger partial charge on any atom is -0.444 e. The van der Waals surface area contributed by atoms with Gasteiger partial charge in [-0.2, -0.15) is 5.26 Å². The van der Waals surface area contributed by atoms with Crippen LogP contribution in [0.2, 0.25) is 0 Å². The van der Waals surface area contributed by atoms with Crippen LogP contribution in [0.25, 0.3) is 0 Å². The van der Waals surface area contributed by atoms with E-state index in [1.807, 2.05) is 4.90 Å². The summed E-state index contributed by atoms with van der Waals surface area (Å²) in [6, 6.07) is 6.17. The van der Waals surface area contributed by atoms with Crippen LogP contribution in [-0.2, 0) is 14.3 Å². The number of carbonyl (C=O) groups excluding carboxylic acids is 3. The van der Waals surface area contributed by atoms with Crippen molar-refractivity contribution in [3.8, 4) is 6.07 Å². The molecule has 3 heterocycles. The number of ether oxygens (including phenoxy) is 1. The van der Waals surface area contributed by atoms with Crippen LogP contribution in [0.3, 0.4) is 0 Å². The van der Waals surface area contributed by atoms with E-state index in [4.69, 9.17) is 4.74 Å². The number of amides is 3. The first kappa shape index (κ1) is 23.5. The van der Waals surface area contributed by atoms with Gasteiger partial charge < -0.3 is 19.9 Å². The van der Waals surface area contributed by atoms with E-state index in [1.165, 1.54) is 12.1 Å². The van der Waals surface area contributed by atoms with Crippen molar-refractivity contribution in [3.63, 3.8) is 0 Å². The summed E-state index contributed by atoms with van der Waals surface area (Å²) in [5, 5.41) is 12.3. The lowest BCUT2D eigenvalue weighted by Gasteiger charge is -2.36. The standard InChI is InChI=1S/C25H30FN5O4/c1-25(2,3)35-24(34)28-19(22(32)31-17(11-27)7-14-8-20(14)31)13-29-12-18-10-21(29)23(33)30(18)16-6-4-5-15(26)9-16/h4-6,9,14,17-21H,7-8,10,12-13H2,1-3H3,(H,28,34)/t14-,17+,18+,19+,20+,21+/m1/s1. The van der Waals surface area contributed by atoms with Crippen LogP contribution >= 0.6 is 0 Å². The number of rotatable bonds is 5. The minimum absolute atomic E-state index is 0.0372. The average molecular weight is 484 g/mol. The number of hydrogen-bond acceptors (Lipinski definition) is 6. The average Bonchev–Trinajstić information content (AvgIpc) is 3.11. The Kier molecular flexibility index (Phi) is 5.71. The largest absolute Gasteiger partial charge is 0.444 e. The molecule has 35 heavy (non-hydrogen) atoms. The van der Waals surface area contributed by atoms with Crippen molar-refractivity contribution in [2.75, 3.05) is 18.0 Å². The smallest absolute Gasteiger partial charge is 0.408 e. The van der Waals surface area contributed by atoms with Gasteiger partial charge in [-0.05, 0) is 64.2 Å². The van der Waals surface area contributed by atoms with E-state index in [2.05, 4.69) is 11.4 Å². The van der Waals surface area contributed by atoms with Gasteiger partial charge in [0, 0.05) is 24.8 Å². The molecule has 3 saturated heterocycles. The first-order valence-electron chi connectivity index (χ1n) is 12.1. The van der Waals surface area contributed by atoms with Crippen LogP contribution in [0.15, 0.2) is 24.3 Å². The lowest BCUT2D eigenvalue weighted by atomic mass is 10.1. The minimum atomic E-state index is -0.949. The molecule has 0 unspecified atom stereocenters. The van der Waals surface area contributed by atoms with Gasteiger partial charge in [-0.3, -0.25) is 14.5 Å². The van der Waals surface area contributed by atoms with E-state index in [0.29, 0.717) is 31.0 Å². The van der Waals surface area contributed by atoms with Crippen LogP contribution in [0.4, 0.5) is 14.9 Å². The molecule has 0 radical (unpaired) electrons. The number of fused-ring (bicyclic) bond motifs is 3. The van der Waals surface area contributed by atoms with E-state index in [0.717, 1.165) is 6.42 Å². The molecule has 1 aromatic carbocycles. The van der Waals surface area contributed by atoms with Crippen LogP contribution in [-0.4, -0.2) is 76.6 Å². The number of anilines is 1. The van der Waals surface area contributed by atoms with Crippen molar-refractivity contribution in [2.24, 2.45) is 5.92 Å². The van der Waals surface area contributed by atoms with Crippen molar-refractivity contribution in [2.45, 2.75) is 75.8 Å². The van der Waals surface area contributed by atoms with Gasteiger partial charge in [0.2, 0.25) is 11.8 Å². The second-order valence-electron chi connectivity index (χ2n) is 10.9. The molecule has 5 rings (SSSR count). The summed E-state index contributed by atoms with van der Waals surface area (Å²) in [4.78, 5) is 44.5. The van der Waals surface area contributed by atoms with Gasteiger partial charge in [0.05, 0.1) is 18.2 Å². The maximum Gasteiger partial charge on any atom is 0.408 e. The highest BCUT2D eigenvalue weighted by atomic mass is 19.1. The van der Waals surface area contributed by atoms with E-state index in [9.17, 15) is 24.0 Å². The number of alkyl carbamates (subject to hydrolysis) is 1. The predicted molar refractivity (Wildman–Crippen MR) is 124 cm³/mol. The van der Waals surface area contributed by atoms with Crippen molar-refractivity contribution >= 4 is 23.6 Å². The van der Waals surface area contributed by atoms with Crippen molar-refractivity contribution in [1.82, 2.24) is 15.1 Å². The molecule has 4 fully saturated rings. The number of piperazine rings is 1. The number of benzene rings is 1. The molecule has 4 aliphatic rings. The maximum atomic E-state index is 13.7. The number of hydrogen-bond donors (Lipinski definition) is 1. The van der Waals surface area contributed by atoms with Gasteiger partial charge in [-0.15, -0.1) is 0 Å². The zero-order valence-electron chi connectivity index (χ0n) is 20.1. The van der Waals surface area contributed by atoms with Crippen molar-refractivity contribution in [3.05, 3.63) is 30.1 Å². The SMILES string of the molecule is CC(C)(C)OC(=O)N[C@@H](CN1C[C@@H]2C[C@H]1C(=O)N2c1cccc(F)c1)C(=O)N1[C@H](C#N)C[C@@H]2C[C@@H]21. The summed E-state index contributed by atoms with van der Waals surface area (Å²) >= 11 is 0. The molecule has 2 bridgehead atoms. The highest BCUT2D eigenvalue weighted by molar-refractivity contribution is 6.01. The normalized spacial score (nSPS) is 30.1. The molecule has 3 amide bonds. The molecule has 0 spiro atoms. The summed E-state index contributed by atoms with van der Waals surface area (Å²) in [6.45, 7) is 5.85. The fourth-order valence-corrected chi connectivity index (χ4v) is 5.77. The van der Waals surface area contributed by atoms with Crippen molar-refractivity contribution in [1.29, 1.82) is 5.26 Å². The first-order chi connectivity index (χ1) is 16.6. The molecular weight excluding hydrogens is 453 g/mol. The monoisotopic (exact) mass is 483 g/mol. The Labute approximate surface area is 203 Å². The number of piperidine rings is 1. The highest BCUT2D eigenvalue weighted by Crippen LogP contribution is 2.48. The Bertz CT molecular complexity index is 1100. The van der Waals surface area contributed by atoms with Gasteiger partial charge in [0.15, 0.2) is 0 Å². The number of nitrogens with one attached hydrogen (secondary N) is 1. The Morgan fingerprint density at radius 1 is 1.29 bits per heavy atom. The quantitative estimate of drug-likeness (QED) is 0.687. The molecule has 1 aromatic rings. The third-order valence-corrected chi connectivity index (χ3v) is 7.27. The fourth-order valence-electron chi connectivity index (χ4n) is 5.77. The Hall–Kier alpha value is -3.19. The summed E-state index contributed by atoms with van der Waals surface area (Å²) in [5.74, 6) is -0.522. The van der Waals surface area contributed by atoms with Crippen LogP contribution in [0, 0.1) is 23.1 Å². The number of likely N-dealkylation sites (tertiary alicyclic amines) is 2. The molecule has 6 atom stereocenters. The second-order valence-corrected chi connectivity index (χ2v) is 10.9. The number of carbonyl (C=O) groups is 3. The fraction of sp³-hybridized carbons (Fsp3) is 0.600. The molecule has 9 nitrogen and oxygen atoms in total. The summed E-state index contributed by atoms with van der Waals surface area (Å²) < 4.78 is 19.1. The molecular formula is C25H30FN5O4. The molecule has 1 N–H and O–H groups in total. The van der Waals surface area contributed by atoms with Crippen LogP contribution in [0.5, 0.6) is 0 Å². The van der Waals surface area contributed by atoms with Gasteiger partial charge in [-0.25, -0.2) is 9.18 Å². The van der Waals surface area contributed by atoms with Gasteiger partial charge in [0.25, 0.3) is 0 Å². The number of halogens is 1. The maximum absolute atomic E-state index is 13.7. The van der Waals surface area contributed by atoms with Gasteiger partial charge in [-0.1, -0.05) is 6.07 Å². The summed E-state index contributed by atoms with van der Waals surface area (Å²) in [7, 11) is 0. The zero-order valence-corrected chi connectivity index (χ0v) is 20.1. The second kappa shape index (κ2) is 8.48. The molecule has 1 aliphatic carbocycles. The van der Waals surface area contributed by atoms with E-state index in [1.54, 1.807) is 42.7 Å². The predicted octanol–water partition coefficient (Wildman–Crippen LogP) is 2.02. The van der Waals surface area contributed by atoms with Crippen molar-refractivity contribution < 1.29 is 23.5 Å². The lowest BCUT2D eigenvalue weighted by molar-refractivity contribution is -0.136. The molecule has 0 aromatic heterocycles. The topological polar surface area (TPSA) is 106 Å². The Balaban J connectivity index is 1.33. The van der Waals surface area contributed by atoms with Crippen LogP contribution in [0.1, 0.15) is 40.0 Å². The van der Waals surface area contributed by atoms with E-state index in [-0.39, 0.29) is 30.4 Å². The Morgan fingerprint density at radius 2 is 2.06 bits per heavy atom. The molecule has 1 saturated carbocycles. The van der Waals surface area contributed by atoms with E-state index >= 15 is 0 Å². The molecule has 10 heteroatoms. The van der Waals surface area contributed by atoms with Gasteiger partial charge in [0.1, 0.15) is 23.5 Å². The van der Waals surface area contributed by atoms with E-state index < -0.39 is 35.6 Å². The third-order valence-electron chi connectivity index (χ3n) is 7.27.